The maximum absolute atomic E-state index is 13.2. The maximum Gasteiger partial charge on any atom is 0.256 e. The lowest BCUT2D eigenvalue weighted by atomic mass is 10.1. The molecule has 2 atom stereocenters. The Morgan fingerprint density at radius 1 is 1.20 bits per heavy atom. The first-order valence-corrected chi connectivity index (χ1v) is 9.97. The van der Waals surface area contributed by atoms with Crippen molar-refractivity contribution >= 4 is 16.8 Å². The predicted molar refractivity (Wildman–Crippen MR) is 117 cm³/mol. The lowest BCUT2D eigenvalue weighted by molar-refractivity contribution is 0.0783. The first kappa shape index (κ1) is 21.6. The van der Waals surface area contributed by atoms with Gasteiger partial charge in [-0.05, 0) is 39.8 Å². The predicted octanol–water partition coefficient (Wildman–Crippen LogP) is 3.48. The molecule has 0 fully saturated rings. The van der Waals surface area contributed by atoms with Gasteiger partial charge >= 0.3 is 0 Å². The number of H-pyrrole nitrogens is 1. The number of pyridine rings is 1. The van der Waals surface area contributed by atoms with E-state index in [-0.39, 0.29) is 30.2 Å². The van der Waals surface area contributed by atoms with Gasteiger partial charge in [0.25, 0.3) is 11.5 Å². The molecule has 160 valence electrons. The van der Waals surface area contributed by atoms with Crippen LogP contribution in [-0.4, -0.2) is 35.8 Å². The van der Waals surface area contributed by atoms with Crippen LogP contribution in [0.3, 0.4) is 0 Å². The summed E-state index contributed by atoms with van der Waals surface area (Å²) in [5, 5.41) is 3.76. The number of aromatic amines is 1. The molecule has 1 amide bonds. The lowest BCUT2D eigenvalue weighted by Crippen LogP contribution is -2.28. The molecule has 0 radical (unpaired) electrons. The van der Waals surface area contributed by atoms with E-state index in [2.05, 4.69) is 21.8 Å². The summed E-state index contributed by atoms with van der Waals surface area (Å²) >= 11 is 0. The van der Waals surface area contributed by atoms with E-state index in [1.165, 1.54) is 7.11 Å². The van der Waals surface area contributed by atoms with Crippen molar-refractivity contribution in [2.45, 2.75) is 46.4 Å². The number of methoxy groups -OCH3 is 2. The second kappa shape index (κ2) is 8.75. The highest BCUT2D eigenvalue weighted by Gasteiger charge is 2.25. The average molecular weight is 412 g/mol. The molecule has 2 N–H and O–H groups in total. The second-order valence-electron chi connectivity index (χ2n) is 7.54. The number of amides is 1. The number of fused-ring (bicyclic) bond motifs is 1. The molecule has 1 aromatic carbocycles. The Bertz CT molecular complexity index is 1130. The molecular weight excluding hydrogens is 382 g/mol. The standard InChI is InChI=1S/C23H29N3O4/c1-13-11-20(30-6)18(22(27)25-13)12-24-23(28)21-15(3)26(14(2)16(4)29-5)19-10-8-7-9-17(19)21/h7-11,14,16H,12H2,1-6H3,(H,24,28)(H,25,27)/t14?,16-/m0/s1. The van der Waals surface area contributed by atoms with Crippen molar-refractivity contribution in [3.05, 3.63) is 63.2 Å². The van der Waals surface area contributed by atoms with Crippen LogP contribution in [0, 0.1) is 13.8 Å². The quantitative estimate of drug-likeness (QED) is 0.623. The fourth-order valence-electron chi connectivity index (χ4n) is 3.90. The number of para-hydroxylation sites is 1. The molecule has 7 heteroatoms. The fraction of sp³-hybridized carbons (Fsp3) is 0.391. The molecule has 3 aromatic rings. The average Bonchev–Trinajstić information content (AvgIpc) is 3.02. The van der Waals surface area contributed by atoms with Crippen LogP contribution in [0.15, 0.2) is 35.1 Å². The molecule has 2 aromatic heterocycles. The van der Waals surface area contributed by atoms with Gasteiger partial charge in [0.1, 0.15) is 5.75 Å². The summed E-state index contributed by atoms with van der Waals surface area (Å²) in [7, 11) is 3.19. The molecule has 0 aliphatic heterocycles. The smallest absolute Gasteiger partial charge is 0.256 e. The highest BCUT2D eigenvalue weighted by Crippen LogP contribution is 2.31. The number of aryl methyl sites for hydroxylation is 1. The van der Waals surface area contributed by atoms with Gasteiger partial charge in [0.05, 0.1) is 36.9 Å². The van der Waals surface area contributed by atoms with Gasteiger partial charge in [-0.25, -0.2) is 0 Å². The topological polar surface area (TPSA) is 85.4 Å². The van der Waals surface area contributed by atoms with Gasteiger partial charge < -0.3 is 24.3 Å². The summed E-state index contributed by atoms with van der Waals surface area (Å²) in [6.45, 7) is 7.88. The Morgan fingerprint density at radius 2 is 1.90 bits per heavy atom. The molecule has 0 bridgehead atoms. The molecule has 0 saturated carbocycles. The van der Waals surface area contributed by atoms with Crippen LogP contribution in [0.5, 0.6) is 5.75 Å². The summed E-state index contributed by atoms with van der Waals surface area (Å²) in [4.78, 5) is 28.3. The number of benzene rings is 1. The Kier molecular flexibility index (Phi) is 6.31. The number of hydrogen-bond donors (Lipinski definition) is 2. The van der Waals surface area contributed by atoms with E-state index in [9.17, 15) is 9.59 Å². The Morgan fingerprint density at radius 3 is 2.57 bits per heavy atom. The zero-order valence-corrected chi connectivity index (χ0v) is 18.3. The minimum Gasteiger partial charge on any atom is -0.496 e. The number of ether oxygens (including phenoxy) is 2. The van der Waals surface area contributed by atoms with E-state index in [4.69, 9.17) is 9.47 Å². The fourth-order valence-corrected chi connectivity index (χ4v) is 3.90. The van der Waals surface area contributed by atoms with Crippen LogP contribution in [0.25, 0.3) is 10.9 Å². The van der Waals surface area contributed by atoms with E-state index in [0.29, 0.717) is 22.6 Å². The highest BCUT2D eigenvalue weighted by atomic mass is 16.5. The number of carbonyl (C=O) groups excluding carboxylic acids is 1. The SMILES string of the molecule is COc1cc(C)[nH]c(=O)c1CNC(=O)c1c(C)n(C(C)[C@H](C)OC)c2ccccc12. The molecule has 2 heterocycles. The first-order chi connectivity index (χ1) is 14.3. The zero-order valence-electron chi connectivity index (χ0n) is 18.3. The van der Waals surface area contributed by atoms with E-state index < -0.39 is 0 Å². The molecule has 0 aliphatic rings. The molecule has 0 aliphatic carbocycles. The van der Waals surface area contributed by atoms with Crippen molar-refractivity contribution in [2.24, 2.45) is 0 Å². The molecule has 30 heavy (non-hydrogen) atoms. The van der Waals surface area contributed by atoms with Crippen molar-refractivity contribution in [3.8, 4) is 5.75 Å². The van der Waals surface area contributed by atoms with Crippen LogP contribution in [0.2, 0.25) is 0 Å². The third-order valence-corrected chi connectivity index (χ3v) is 5.72. The van der Waals surface area contributed by atoms with Gasteiger partial charge in [-0.1, -0.05) is 18.2 Å². The number of nitrogens with one attached hydrogen (secondary N) is 2. The summed E-state index contributed by atoms with van der Waals surface area (Å²) in [5.74, 6) is 0.222. The first-order valence-electron chi connectivity index (χ1n) is 9.97. The normalized spacial score (nSPS) is 13.3. The van der Waals surface area contributed by atoms with Gasteiger partial charge in [-0.2, -0.15) is 0 Å². The molecule has 1 unspecified atom stereocenters. The minimum atomic E-state index is -0.270. The van der Waals surface area contributed by atoms with Crippen molar-refractivity contribution < 1.29 is 14.3 Å². The monoisotopic (exact) mass is 411 g/mol. The summed E-state index contributed by atoms with van der Waals surface area (Å²) in [6, 6.07) is 9.61. The molecular formula is C23H29N3O4. The van der Waals surface area contributed by atoms with Gasteiger partial charge in [0.15, 0.2) is 0 Å². The summed E-state index contributed by atoms with van der Waals surface area (Å²) in [6.07, 6.45) is -0.0224. The third-order valence-electron chi connectivity index (χ3n) is 5.72. The van der Waals surface area contributed by atoms with Crippen LogP contribution >= 0.6 is 0 Å². The van der Waals surface area contributed by atoms with Crippen LogP contribution in [0.1, 0.15) is 47.2 Å². The molecule has 3 rings (SSSR count). The van der Waals surface area contributed by atoms with Crippen molar-refractivity contribution in [3.63, 3.8) is 0 Å². The minimum absolute atomic E-state index is 0.0224. The Balaban J connectivity index is 1.99. The Hall–Kier alpha value is -3.06. The van der Waals surface area contributed by atoms with E-state index in [1.807, 2.05) is 38.1 Å². The molecule has 0 spiro atoms. The van der Waals surface area contributed by atoms with Gasteiger partial charge in [0.2, 0.25) is 0 Å². The summed E-state index contributed by atoms with van der Waals surface area (Å²) < 4.78 is 13.0. The van der Waals surface area contributed by atoms with Crippen molar-refractivity contribution in [1.82, 2.24) is 14.9 Å². The number of hydrogen-bond acceptors (Lipinski definition) is 4. The zero-order chi connectivity index (χ0) is 22.0. The van der Waals surface area contributed by atoms with E-state index in [1.54, 1.807) is 20.1 Å². The summed E-state index contributed by atoms with van der Waals surface area (Å²) in [5.41, 5.74) is 3.25. The van der Waals surface area contributed by atoms with Gasteiger partial charge in [-0.3, -0.25) is 9.59 Å². The van der Waals surface area contributed by atoms with E-state index in [0.717, 1.165) is 16.6 Å². The third kappa shape index (κ3) is 3.85. The van der Waals surface area contributed by atoms with Crippen molar-refractivity contribution in [2.75, 3.05) is 14.2 Å². The number of nitrogens with zero attached hydrogens (tertiary/aromatic N) is 1. The van der Waals surface area contributed by atoms with Crippen LogP contribution in [-0.2, 0) is 11.3 Å². The maximum atomic E-state index is 13.2. The molecule has 7 nitrogen and oxygen atoms in total. The van der Waals surface area contributed by atoms with Crippen molar-refractivity contribution in [1.29, 1.82) is 0 Å². The molecule has 0 saturated heterocycles. The van der Waals surface area contributed by atoms with Gasteiger partial charge in [-0.15, -0.1) is 0 Å². The number of aromatic nitrogens is 2. The number of rotatable bonds is 7. The lowest BCUT2D eigenvalue weighted by Gasteiger charge is -2.23. The Labute approximate surface area is 176 Å². The number of carbonyl (C=O) groups is 1. The van der Waals surface area contributed by atoms with Crippen LogP contribution in [0.4, 0.5) is 0 Å². The van der Waals surface area contributed by atoms with Gasteiger partial charge in [0, 0.05) is 29.4 Å². The second-order valence-corrected chi connectivity index (χ2v) is 7.54. The largest absolute Gasteiger partial charge is 0.496 e. The highest BCUT2D eigenvalue weighted by molar-refractivity contribution is 6.08. The van der Waals surface area contributed by atoms with E-state index >= 15 is 0 Å². The van der Waals surface area contributed by atoms with Crippen LogP contribution < -0.4 is 15.6 Å².